The van der Waals surface area contributed by atoms with Crippen molar-refractivity contribution < 1.29 is 9.53 Å². The van der Waals surface area contributed by atoms with Gasteiger partial charge in [-0.2, -0.15) is 0 Å². The molecule has 0 atom stereocenters. The maximum atomic E-state index is 10.8. The maximum absolute atomic E-state index is 10.8. The number of carbonyl (C=O) groups is 1. The molecule has 0 aliphatic rings. The average Bonchev–Trinajstić information content (AvgIpc) is 2.18. The zero-order valence-corrected chi connectivity index (χ0v) is 9.45. The number of benzene rings is 1. The third-order valence-electron chi connectivity index (χ3n) is 2.23. The highest BCUT2D eigenvalue weighted by molar-refractivity contribution is 5.69. The zero-order valence-electron chi connectivity index (χ0n) is 9.45. The van der Waals surface area contributed by atoms with Crippen molar-refractivity contribution in [3.05, 3.63) is 29.8 Å². The van der Waals surface area contributed by atoms with E-state index in [1.54, 1.807) is 0 Å². The van der Waals surface area contributed by atoms with Crippen LogP contribution in [0, 0.1) is 0 Å². The van der Waals surface area contributed by atoms with Crippen LogP contribution >= 0.6 is 0 Å². The number of aryl methyl sites for hydroxylation is 1. The lowest BCUT2D eigenvalue weighted by Gasteiger charge is -2.04. The van der Waals surface area contributed by atoms with E-state index in [1.165, 1.54) is 31.7 Å². The van der Waals surface area contributed by atoms with Gasteiger partial charge >= 0.3 is 5.97 Å². The number of unbranched alkanes of at least 4 members (excludes halogenated alkanes) is 2. The van der Waals surface area contributed by atoms with Gasteiger partial charge in [-0.15, -0.1) is 0 Å². The number of rotatable bonds is 5. The molecule has 0 bridgehead atoms. The van der Waals surface area contributed by atoms with Gasteiger partial charge in [-0.3, -0.25) is 4.79 Å². The quantitative estimate of drug-likeness (QED) is 0.419. The molecule has 1 aromatic rings. The summed E-state index contributed by atoms with van der Waals surface area (Å²) in [4.78, 5) is 10.8. The second kappa shape index (κ2) is 6.23. The summed E-state index contributed by atoms with van der Waals surface area (Å²) in [7, 11) is 0. The lowest BCUT2D eigenvalue weighted by molar-refractivity contribution is -0.131. The number of ether oxygens (including phenoxy) is 1. The summed E-state index contributed by atoms with van der Waals surface area (Å²) in [6.45, 7) is 3.61. The van der Waals surface area contributed by atoms with Crippen LogP contribution in [0.3, 0.4) is 0 Å². The van der Waals surface area contributed by atoms with Crippen LogP contribution in [0.5, 0.6) is 5.75 Å². The summed E-state index contributed by atoms with van der Waals surface area (Å²) in [5, 5.41) is 0. The van der Waals surface area contributed by atoms with E-state index < -0.39 is 0 Å². The molecular formula is C13H18O2. The Labute approximate surface area is 91.3 Å². The van der Waals surface area contributed by atoms with E-state index in [2.05, 4.69) is 13.0 Å². The summed E-state index contributed by atoms with van der Waals surface area (Å²) >= 11 is 0. The van der Waals surface area contributed by atoms with E-state index in [4.69, 9.17) is 4.74 Å². The molecule has 0 aliphatic carbocycles. The van der Waals surface area contributed by atoms with Crippen molar-refractivity contribution in [1.82, 2.24) is 0 Å². The molecule has 15 heavy (non-hydrogen) atoms. The third kappa shape index (κ3) is 4.63. The molecule has 0 aliphatic heterocycles. The maximum Gasteiger partial charge on any atom is 0.308 e. The molecule has 0 amide bonds. The van der Waals surface area contributed by atoms with Crippen molar-refractivity contribution in [2.24, 2.45) is 0 Å². The highest BCUT2D eigenvalue weighted by Gasteiger charge is 1.99. The number of carbonyl (C=O) groups excluding carboxylic acids is 1. The molecule has 2 nitrogen and oxygen atoms in total. The zero-order chi connectivity index (χ0) is 11.1. The van der Waals surface area contributed by atoms with Gasteiger partial charge in [-0.05, 0) is 30.5 Å². The number of hydrogen-bond donors (Lipinski definition) is 0. The lowest BCUT2D eigenvalue weighted by Crippen LogP contribution is -2.01. The van der Waals surface area contributed by atoms with Crippen LogP contribution in [0.4, 0.5) is 0 Å². The molecular weight excluding hydrogens is 188 g/mol. The highest BCUT2D eigenvalue weighted by atomic mass is 16.5. The summed E-state index contributed by atoms with van der Waals surface area (Å²) in [6.07, 6.45) is 4.73. The van der Waals surface area contributed by atoms with Gasteiger partial charge < -0.3 is 4.74 Å². The van der Waals surface area contributed by atoms with E-state index in [9.17, 15) is 4.79 Å². The fourth-order valence-corrected chi connectivity index (χ4v) is 1.51. The van der Waals surface area contributed by atoms with Gasteiger partial charge in [0.1, 0.15) is 5.75 Å². The first-order valence-electron chi connectivity index (χ1n) is 5.49. The van der Waals surface area contributed by atoms with Crippen molar-refractivity contribution in [1.29, 1.82) is 0 Å². The Morgan fingerprint density at radius 2 is 2.13 bits per heavy atom. The minimum absolute atomic E-state index is 0.263. The van der Waals surface area contributed by atoms with E-state index in [1.807, 2.05) is 18.2 Å². The molecule has 0 fully saturated rings. The monoisotopic (exact) mass is 206 g/mol. The van der Waals surface area contributed by atoms with Gasteiger partial charge in [0.2, 0.25) is 0 Å². The Hall–Kier alpha value is -1.31. The van der Waals surface area contributed by atoms with Crippen molar-refractivity contribution >= 4 is 5.97 Å². The van der Waals surface area contributed by atoms with Crippen LogP contribution in [-0.2, 0) is 11.2 Å². The van der Waals surface area contributed by atoms with Crippen molar-refractivity contribution in [3.8, 4) is 5.75 Å². The molecule has 0 aromatic heterocycles. The van der Waals surface area contributed by atoms with E-state index >= 15 is 0 Å². The van der Waals surface area contributed by atoms with Crippen molar-refractivity contribution in [2.45, 2.75) is 39.5 Å². The SMILES string of the molecule is CCCCCc1cccc(OC(C)=O)c1. The lowest BCUT2D eigenvalue weighted by atomic mass is 10.1. The van der Waals surface area contributed by atoms with Crippen LogP contribution in [-0.4, -0.2) is 5.97 Å². The van der Waals surface area contributed by atoms with Crippen LogP contribution < -0.4 is 4.74 Å². The minimum atomic E-state index is -0.263. The summed E-state index contributed by atoms with van der Waals surface area (Å²) in [5.41, 5.74) is 1.24. The van der Waals surface area contributed by atoms with Gasteiger partial charge in [0, 0.05) is 6.92 Å². The van der Waals surface area contributed by atoms with Gasteiger partial charge in [0.25, 0.3) is 0 Å². The Kier molecular flexibility index (Phi) is 4.88. The molecule has 1 rings (SSSR count). The Morgan fingerprint density at radius 3 is 2.80 bits per heavy atom. The molecule has 0 unspecified atom stereocenters. The van der Waals surface area contributed by atoms with Gasteiger partial charge in [0.05, 0.1) is 0 Å². The molecule has 1 aromatic carbocycles. The predicted octanol–water partition coefficient (Wildman–Crippen LogP) is 3.34. The average molecular weight is 206 g/mol. The van der Waals surface area contributed by atoms with Crippen molar-refractivity contribution in [3.63, 3.8) is 0 Å². The van der Waals surface area contributed by atoms with Gasteiger partial charge in [0.15, 0.2) is 0 Å². The summed E-state index contributed by atoms with van der Waals surface area (Å²) < 4.78 is 5.02. The van der Waals surface area contributed by atoms with Crippen LogP contribution in [0.1, 0.15) is 38.7 Å². The van der Waals surface area contributed by atoms with Crippen molar-refractivity contribution in [2.75, 3.05) is 0 Å². The molecule has 2 heteroatoms. The largest absolute Gasteiger partial charge is 0.427 e. The molecule has 0 N–H and O–H groups in total. The first kappa shape index (κ1) is 11.8. The van der Waals surface area contributed by atoms with Crippen LogP contribution in [0.2, 0.25) is 0 Å². The molecule has 0 radical (unpaired) electrons. The summed E-state index contributed by atoms with van der Waals surface area (Å²) in [6, 6.07) is 7.75. The molecule has 0 saturated carbocycles. The standard InChI is InChI=1S/C13H18O2/c1-3-4-5-7-12-8-6-9-13(10-12)15-11(2)14/h6,8-10H,3-5,7H2,1-2H3. The molecule has 0 heterocycles. The molecule has 82 valence electrons. The third-order valence-corrected chi connectivity index (χ3v) is 2.23. The topological polar surface area (TPSA) is 26.3 Å². The fourth-order valence-electron chi connectivity index (χ4n) is 1.51. The number of esters is 1. The summed E-state index contributed by atoms with van der Waals surface area (Å²) in [5.74, 6) is 0.386. The Balaban J connectivity index is 2.53. The van der Waals surface area contributed by atoms with E-state index in [0.29, 0.717) is 5.75 Å². The van der Waals surface area contributed by atoms with E-state index in [0.717, 1.165) is 6.42 Å². The highest BCUT2D eigenvalue weighted by Crippen LogP contribution is 2.15. The van der Waals surface area contributed by atoms with Crippen LogP contribution in [0.25, 0.3) is 0 Å². The molecule has 0 saturated heterocycles. The fraction of sp³-hybridized carbons (Fsp3) is 0.462. The second-order valence-electron chi connectivity index (χ2n) is 3.70. The first-order chi connectivity index (χ1) is 7.22. The Morgan fingerprint density at radius 1 is 1.33 bits per heavy atom. The van der Waals surface area contributed by atoms with E-state index in [-0.39, 0.29) is 5.97 Å². The smallest absolute Gasteiger partial charge is 0.308 e. The van der Waals surface area contributed by atoms with Gasteiger partial charge in [-0.1, -0.05) is 31.9 Å². The minimum Gasteiger partial charge on any atom is -0.427 e. The first-order valence-corrected chi connectivity index (χ1v) is 5.49. The number of hydrogen-bond acceptors (Lipinski definition) is 2. The second-order valence-corrected chi connectivity index (χ2v) is 3.70. The van der Waals surface area contributed by atoms with Gasteiger partial charge in [-0.25, -0.2) is 0 Å². The Bertz CT molecular complexity index is 318. The molecule has 0 spiro atoms. The normalized spacial score (nSPS) is 10.0. The predicted molar refractivity (Wildman–Crippen MR) is 61.0 cm³/mol. The van der Waals surface area contributed by atoms with Crippen LogP contribution in [0.15, 0.2) is 24.3 Å².